The quantitative estimate of drug-likeness (QED) is 0.631. The van der Waals surface area contributed by atoms with Crippen LogP contribution in [0.3, 0.4) is 0 Å². The number of benzene rings is 1. The van der Waals surface area contributed by atoms with Gasteiger partial charge in [0, 0.05) is 18.6 Å². The zero-order chi connectivity index (χ0) is 15.8. The number of halogens is 2. The van der Waals surface area contributed by atoms with Crippen molar-refractivity contribution in [2.75, 3.05) is 13.9 Å². The van der Waals surface area contributed by atoms with Gasteiger partial charge in [-0.2, -0.15) is 0 Å². The molecule has 2 rings (SSSR count). The van der Waals surface area contributed by atoms with Crippen molar-refractivity contribution in [3.05, 3.63) is 23.8 Å². The molecule has 1 aliphatic heterocycles. The van der Waals surface area contributed by atoms with E-state index < -0.39 is 30.0 Å². The molecule has 1 aromatic carbocycles. The summed E-state index contributed by atoms with van der Waals surface area (Å²) >= 11 is 0. The number of rotatable bonds is 4. The molecular formula is C14H19BF2O4. The molecular weight excluding hydrogens is 281 g/mol. The summed E-state index contributed by atoms with van der Waals surface area (Å²) in [6, 6.07) is 2.00. The van der Waals surface area contributed by atoms with Crippen LogP contribution in [0.2, 0.25) is 0 Å². The smallest absolute Gasteiger partial charge is 0.464 e. The minimum atomic E-state index is -0.957. The monoisotopic (exact) mass is 300 g/mol. The molecule has 1 aromatic rings. The molecule has 1 saturated heterocycles. The Kier molecular flexibility index (Phi) is 4.28. The highest BCUT2D eigenvalue weighted by Crippen LogP contribution is 2.36. The first-order valence-corrected chi connectivity index (χ1v) is 6.64. The second-order valence-corrected chi connectivity index (χ2v) is 5.94. The van der Waals surface area contributed by atoms with Crippen LogP contribution >= 0.6 is 0 Å². The molecule has 116 valence electrons. The van der Waals surface area contributed by atoms with Crippen LogP contribution in [-0.2, 0) is 14.0 Å². The van der Waals surface area contributed by atoms with E-state index in [1.807, 2.05) is 27.7 Å². The maximum absolute atomic E-state index is 14.2. The first-order valence-electron chi connectivity index (χ1n) is 6.64. The summed E-state index contributed by atoms with van der Waals surface area (Å²) in [5, 5.41) is 0. The zero-order valence-electron chi connectivity index (χ0n) is 12.8. The fourth-order valence-electron chi connectivity index (χ4n) is 1.93. The molecule has 0 atom stereocenters. The van der Waals surface area contributed by atoms with Crippen molar-refractivity contribution in [2.24, 2.45) is 0 Å². The standard InChI is InChI=1S/C14H19BF2O4/c1-13(2)14(3,4)21-15(20-13)9-6-11(17)12(7-10(9)16)19-8-18-5/h6-7H,8H2,1-5H3. The van der Waals surface area contributed by atoms with Crippen LogP contribution in [0, 0.1) is 11.6 Å². The highest BCUT2D eigenvalue weighted by Gasteiger charge is 2.52. The fraction of sp³-hybridized carbons (Fsp3) is 0.571. The highest BCUT2D eigenvalue weighted by molar-refractivity contribution is 6.62. The van der Waals surface area contributed by atoms with Crippen molar-refractivity contribution in [2.45, 2.75) is 38.9 Å². The average molecular weight is 300 g/mol. The summed E-state index contributed by atoms with van der Waals surface area (Å²) in [6.45, 7) is 7.22. The Morgan fingerprint density at radius 2 is 1.62 bits per heavy atom. The van der Waals surface area contributed by atoms with Crippen molar-refractivity contribution >= 4 is 12.6 Å². The summed E-state index contributed by atoms with van der Waals surface area (Å²) in [5.41, 5.74) is -1.23. The van der Waals surface area contributed by atoms with E-state index in [-0.39, 0.29) is 18.0 Å². The van der Waals surface area contributed by atoms with Gasteiger partial charge in [-0.3, -0.25) is 0 Å². The second kappa shape index (κ2) is 5.55. The van der Waals surface area contributed by atoms with Gasteiger partial charge in [-0.05, 0) is 33.8 Å². The predicted octanol–water partition coefficient (Wildman–Crippen LogP) is 2.25. The molecule has 0 unspecified atom stereocenters. The molecule has 7 heteroatoms. The van der Waals surface area contributed by atoms with Gasteiger partial charge in [-0.15, -0.1) is 0 Å². The van der Waals surface area contributed by atoms with Gasteiger partial charge >= 0.3 is 7.12 Å². The second-order valence-electron chi connectivity index (χ2n) is 5.94. The third kappa shape index (κ3) is 3.05. The van der Waals surface area contributed by atoms with E-state index in [0.717, 1.165) is 12.1 Å². The molecule has 0 spiro atoms. The highest BCUT2D eigenvalue weighted by atomic mass is 19.1. The Bertz CT molecular complexity index is 518. The summed E-state index contributed by atoms with van der Waals surface area (Å²) in [4.78, 5) is 0. The van der Waals surface area contributed by atoms with Gasteiger partial charge < -0.3 is 18.8 Å². The van der Waals surface area contributed by atoms with Crippen molar-refractivity contribution in [1.82, 2.24) is 0 Å². The van der Waals surface area contributed by atoms with E-state index in [4.69, 9.17) is 14.0 Å². The van der Waals surface area contributed by atoms with Crippen LogP contribution in [0.25, 0.3) is 0 Å². The van der Waals surface area contributed by atoms with Crippen molar-refractivity contribution in [3.63, 3.8) is 0 Å². The average Bonchev–Trinajstić information content (AvgIpc) is 2.59. The minimum absolute atomic E-state index is 0.0101. The zero-order valence-corrected chi connectivity index (χ0v) is 12.8. The summed E-state index contributed by atoms with van der Waals surface area (Å²) in [7, 11) is 0.438. The summed E-state index contributed by atoms with van der Waals surface area (Å²) in [6.07, 6.45) is 0. The number of hydrogen-bond donors (Lipinski definition) is 0. The van der Waals surface area contributed by atoms with Crippen LogP contribution in [0.4, 0.5) is 8.78 Å². The SMILES string of the molecule is COCOc1cc(F)c(B2OC(C)(C)C(C)(C)O2)cc1F. The van der Waals surface area contributed by atoms with E-state index in [1.165, 1.54) is 7.11 Å². The van der Waals surface area contributed by atoms with E-state index >= 15 is 0 Å². The maximum atomic E-state index is 14.2. The molecule has 0 N–H and O–H groups in total. The Labute approximate surface area is 123 Å². The molecule has 1 heterocycles. The molecule has 0 aromatic heterocycles. The number of ether oxygens (including phenoxy) is 2. The first kappa shape index (κ1) is 16.2. The Morgan fingerprint density at radius 1 is 1.05 bits per heavy atom. The molecule has 1 aliphatic rings. The van der Waals surface area contributed by atoms with Gasteiger partial charge in [0.2, 0.25) is 0 Å². The van der Waals surface area contributed by atoms with Gasteiger partial charge in [0.05, 0.1) is 11.2 Å². The molecule has 21 heavy (non-hydrogen) atoms. The lowest BCUT2D eigenvalue weighted by atomic mass is 9.78. The van der Waals surface area contributed by atoms with Crippen LogP contribution in [0.15, 0.2) is 12.1 Å². The summed E-state index contributed by atoms with van der Waals surface area (Å²) < 4.78 is 49.1. The molecule has 4 nitrogen and oxygen atoms in total. The third-order valence-electron chi connectivity index (χ3n) is 3.89. The Balaban J connectivity index is 2.28. The van der Waals surface area contributed by atoms with Gasteiger partial charge in [0.25, 0.3) is 0 Å². The largest absolute Gasteiger partial charge is 0.497 e. The van der Waals surface area contributed by atoms with Crippen LogP contribution in [0.5, 0.6) is 5.75 Å². The lowest BCUT2D eigenvalue weighted by Crippen LogP contribution is -2.41. The summed E-state index contributed by atoms with van der Waals surface area (Å²) in [5.74, 6) is -1.56. The lowest BCUT2D eigenvalue weighted by molar-refractivity contribution is 0.00578. The number of methoxy groups -OCH3 is 1. The molecule has 0 aliphatic carbocycles. The van der Waals surface area contributed by atoms with Crippen molar-refractivity contribution in [1.29, 1.82) is 0 Å². The van der Waals surface area contributed by atoms with Gasteiger partial charge in [0.15, 0.2) is 18.4 Å². The van der Waals surface area contributed by atoms with Crippen LogP contribution in [0.1, 0.15) is 27.7 Å². The molecule has 0 amide bonds. The van der Waals surface area contributed by atoms with Crippen LogP contribution in [-0.4, -0.2) is 32.2 Å². The minimum Gasteiger partial charge on any atom is -0.464 e. The van der Waals surface area contributed by atoms with E-state index in [9.17, 15) is 8.78 Å². The molecule has 0 saturated carbocycles. The van der Waals surface area contributed by atoms with Gasteiger partial charge in [-0.1, -0.05) is 0 Å². The number of hydrogen-bond acceptors (Lipinski definition) is 4. The van der Waals surface area contributed by atoms with Crippen molar-refractivity contribution < 1.29 is 27.6 Å². The Hall–Kier alpha value is -1.18. The first-order chi connectivity index (χ1) is 9.68. The fourth-order valence-corrected chi connectivity index (χ4v) is 1.93. The molecule has 1 fully saturated rings. The van der Waals surface area contributed by atoms with Crippen molar-refractivity contribution in [3.8, 4) is 5.75 Å². The molecule has 0 radical (unpaired) electrons. The third-order valence-corrected chi connectivity index (χ3v) is 3.89. The Morgan fingerprint density at radius 3 is 2.14 bits per heavy atom. The maximum Gasteiger partial charge on any atom is 0.497 e. The van der Waals surface area contributed by atoms with E-state index in [2.05, 4.69) is 4.74 Å². The predicted molar refractivity (Wildman–Crippen MR) is 74.6 cm³/mol. The molecule has 0 bridgehead atoms. The van der Waals surface area contributed by atoms with Gasteiger partial charge in [-0.25, -0.2) is 8.78 Å². The normalized spacial score (nSPS) is 19.9. The van der Waals surface area contributed by atoms with E-state index in [0.29, 0.717) is 0 Å². The topological polar surface area (TPSA) is 36.9 Å². The van der Waals surface area contributed by atoms with Gasteiger partial charge in [0.1, 0.15) is 5.82 Å². The van der Waals surface area contributed by atoms with Crippen LogP contribution < -0.4 is 10.2 Å². The lowest BCUT2D eigenvalue weighted by Gasteiger charge is -2.32. The van der Waals surface area contributed by atoms with E-state index in [1.54, 1.807) is 0 Å².